The van der Waals surface area contributed by atoms with Gasteiger partial charge in [-0.15, -0.1) is 0 Å². The molecule has 1 aromatic rings. The van der Waals surface area contributed by atoms with Gasteiger partial charge in [0.05, 0.1) is 6.10 Å². The molecule has 2 fully saturated rings. The van der Waals surface area contributed by atoms with Crippen LogP contribution in [0.5, 0.6) is 5.75 Å². The molecule has 3 aliphatic carbocycles. The second kappa shape index (κ2) is 14.9. The van der Waals surface area contributed by atoms with Gasteiger partial charge in [-0.05, 0) is 104 Å². The summed E-state index contributed by atoms with van der Waals surface area (Å²) >= 11 is 0. The smallest absolute Gasteiger partial charge is 0.537 e. The van der Waals surface area contributed by atoms with Crippen molar-refractivity contribution in [2.24, 2.45) is 23.2 Å². The van der Waals surface area contributed by atoms with Crippen molar-refractivity contribution < 1.29 is 40.9 Å². The van der Waals surface area contributed by atoms with E-state index in [1.54, 1.807) is 0 Å². The molecule has 0 amide bonds. The van der Waals surface area contributed by atoms with E-state index >= 15 is 0 Å². The highest BCUT2D eigenvalue weighted by molar-refractivity contribution is 7.84. The summed E-state index contributed by atoms with van der Waals surface area (Å²) < 4.78 is 79.9. The van der Waals surface area contributed by atoms with Gasteiger partial charge in [-0.1, -0.05) is 51.5 Å². The molecular formula is C32H47BF5O4S. The Hall–Kier alpha value is -1.20. The summed E-state index contributed by atoms with van der Waals surface area (Å²) in [6.45, 7) is 2.30. The number of fused-ring (bicyclic) bond motifs is 5. The van der Waals surface area contributed by atoms with Gasteiger partial charge in [0, 0.05) is 28.7 Å². The minimum atomic E-state index is -5.55. The normalized spacial score (nSPS) is 29.4. The number of halogens is 5. The Morgan fingerprint density at radius 1 is 0.977 bits per heavy atom. The summed E-state index contributed by atoms with van der Waals surface area (Å²) in [6.07, 6.45) is 5.82. The van der Waals surface area contributed by atoms with Crippen molar-refractivity contribution in [1.82, 2.24) is 0 Å². The molecule has 1 unspecified atom stereocenters. The highest BCUT2D eigenvalue weighted by atomic mass is 32.2. The summed E-state index contributed by atoms with van der Waals surface area (Å²) in [4.78, 5) is 0. The number of hydrogen-bond donors (Lipinski definition) is 2. The lowest BCUT2D eigenvalue weighted by atomic mass is 9.52. The van der Waals surface area contributed by atoms with Crippen molar-refractivity contribution in [3.63, 3.8) is 0 Å². The van der Waals surface area contributed by atoms with Gasteiger partial charge in [0.15, 0.2) is 0 Å². The van der Waals surface area contributed by atoms with E-state index in [-0.39, 0.29) is 17.3 Å². The Morgan fingerprint density at radius 2 is 1.65 bits per heavy atom. The van der Waals surface area contributed by atoms with E-state index in [9.17, 15) is 31.3 Å². The third-order valence-corrected chi connectivity index (χ3v) is 12.2. The molecule has 2 saturated carbocycles. The number of unbranched alkanes of at least 4 members (excludes halogenated alkanes) is 6. The van der Waals surface area contributed by atoms with Gasteiger partial charge in [0.25, 0.3) is 0 Å². The predicted octanol–water partition coefficient (Wildman–Crippen LogP) is 7.88. The molecule has 0 saturated heterocycles. The number of aliphatic hydroxyl groups excluding tert-OH is 1. The van der Waals surface area contributed by atoms with E-state index in [1.807, 2.05) is 6.07 Å². The van der Waals surface area contributed by atoms with Gasteiger partial charge in [-0.3, -0.25) is 4.21 Å². The molecule has 243 valence electrons. The molecule has 0 heterocycles. The first-order valence-electron chi connectivity index (χ1n) is 16.1. The van der Waals surface area contributed by atoms with Crippen LogP contribution in [0.2, 0.25) is 0 Å². The fourth-order valence-corrected chi connectivity index (χ4v) is 9.60. The zero-order valence-electron chi connectivity index (χ0n) is 25.2. The molecule has 4 nitrogen and oxygen atoms in total. The molecule has 4 rings (SSSR count). The summed E-state index contributed by atoms with van der Waals surface area (Å²) in [5.74, 6) is -1.68. The number of hydrogen-bond acceptors (Lipinski definition) is 4. The number of rotatable bonds is 16. The lowest BCUT2D eigenvalue weighted by molar-refractivity contribution is -0.284. The molecule has 0 aromatic heterocycles. The molecule has 0 aliphatic heterocycles. The van der Waals surface area contributed by atoms with Crippen LogP contribution in [0.25, 0.3) is 0 Å². The molecule has 11 heteroatoms. The van der Waals surface area contributed by atoms with Crippen LogP contribution < -0.4 is 4.65 Å². The van der Waals surface area contributed by atoms with Crippen LogP contribution in [0.1, 0.15) is 114 Å². The second-order valence-corrected chi connectivity index (χ2v) is 15.1. The zero-order valence-corrected chi connectivity index (χ0v) is 26.0. The van der Waals surface area contributed by atoms with Crippen molar-refractivity contribution in [1.29, 1.82) is 0 Å². The van der Waals surface area contributed by atoms with Crippen LogP contribution >= 0.6 is 0 Å². The first-order valence-corrected chi connectivity index (χ1v) is 17.6. The third kappa shape index (κ3) is 8.35. The Labute approximate surface area is 256 Å². The molecule has 0 spiro atoms. The highest BCUT2D eigenvalue weighted by Crippen LogP contribution is 2.62. The maximum Gasteiger partial charge on any atom is 0.569 e. The largest absolute Gasteiger partial charge is 0.569 e. The first kappa shape index (κ1) is 34.7. The van der Waals surface area contributed by atoms with Gasteiger partial charge >= 0.3 is 19.8 Å². The Kier molecular flexibility index (Phi) is 12.0. The summed E-state index contributed by atoms with van der Waals surface area (Å²) in [5.41, 5.74) is 2.73. The number of benzene rings is 1. The molecule has 2 N–H and O–H groups in total. The van der Waals surface area contributed by atoms with Crippen molar-refractivity contribution in [3.8, 4) is 5.75 Å². The topological polar surface area (TPSA) is 66.8 Å². The summed E-state index contributed by atoms with van der Waals surface area (Å²) in [6, 6.07) is 6.20. The molecule has 43 heavy (non-hydrogen) atoms. The standard InChI is InChI=1S/C32H47BF5O4S/c1-30-17-15-26-25-12-11-24(42-33-40)21-23(25)20-22(29(26)27(30)13-14-28(30)39)10-7-5-3-2-4-6-8-18-43(41)19-9-16-31(34,35)32(36,37)38/h11-12,21-22,26-29,39-40H,2-10,13-20H2,1H3/t22-,26-,27+,28+,29-,30+,43?/m1/s1. The third-order valence-electron chi connectivity index (χ3n) is 10.7. The van der Waals surface area contributed by atoms with E-state index in [0.717, 1.165) is 84.7 Å². The quantitative estimate of drug-likeness (QED) is 0.110. The second-order valence-electron chi connectivity index (χ2n) is 13.4. The minimum absolute atomic E-state index is 0.00361. The first-order chi connectivity index (χ1) is 20.4. The Balaban J connectivity index is 1.18. The van der Waals surface area contributed by atoms with Crippen LogP contribution in [0.15, 0.2) is 18.2 Å². The van der Waals surface area contributed by atoms with E-state index in [4.69, 9.17) is 9.68 Å². The lowest BCUT2D eigenvalue weighted by Crippen LogP contribution is -2.47. The van der Waals surface area contributed by atoms with Gasteiger partial charge < -0.3 is 14.8 Å². The van der Waals surface area contributed by atoms with Crippen LogP contribution in [0, 0.1) is 23.2 Å². The van der Waals surface area contributed by atoms with Crippen molar-refractivity contribution in [2.75, 3.05) is 11.5 Å². The van der Waals surface area contributed by atoms with Crippen molar-refractivity contribution >= 4 is 18.5 Å². The van der Waals surface area contributed by atoms with E-state index in [0.29, 0.717) is 41.6 Å². The average molecular weight is 634 g/mol. The molecule has 1 aromatic carbocycles. The van der Waals surface area contributed by atoms with Crippen molar-refractivity contribution in [3.05, 3.63) is 29.3 Å². The molecule has 7 atom stereocenters. The molecule has 1 radical (unpaired) electrons. The van der Waals surface area contributed by atoms with Gasteiger partial charge in [0.1, 0.15) is 5.75 Å². The van der Waals surface area contributed by atoms with Crippen LogP contribution in [0.4, 0.5) is 22.0 Å². The van der Waals surface area contributed by atoms with Crippen LogP contribution in [0.3, 0.4) is 0 Å². The van der Waals surface area contributed by atoms with Gasteiger partial charge in [-0.2, -0.15) is 22.0 Å². The Morgan fingerprint density at radius 3 is 2.35 bits per heavy atom. The molecule has 3 aliphatic rings. The van der Waals surface area contributed by atoms with E-state index in [1.165, 1.54) is 11.1 Å². The highest BCUT2D eigenvalue weighted by Gasteiger charge is 2.57. The number of aliphatic hydroxyl groups is 1. The average Bonchev–Trinajstić information content (AvgIpc) is 3.25. The van der Waals surface area contributed by atoms with Gasteiger partial charge in [-0.25, -0.2) is 0 Å². The van der Waals surface area contributed by atoms with E-state index < -0.39 is 35.7 Å². The monoisotopic (exact) mass is 633 g/mol. The van der Waals surface area contributed by atoms with Crippen LogP contribution in [-0.2, 0) is 17.2 Å². The zero-order chi connectivity index (χ0) is 31.3. The molecular weight excluding hydrogens is 586 g/mol. The minimum Gasteiger partial charge on any atom is -0.537 e. The predicted molar refractivity (Wildman–Crippen MR) is 160 cm³/mol. The van der Waals surface area contributed by atoms with Gasteiger partial charge in [0.2, 0.25) is 0 Å². The SMILES string of the molecule is C[C@]12CC[C@@H]3c4ccc(O[B]O)cc4C[C@@H](CCCCCCCCCS(=O)CCCC(F)(F)C(F)(F)F)[C@H]3[C@@H]1CC[C@@H]2O. The Bertz CT molecular complexity index is 1070. The maximum atomic E-state index is 13.0. The maximum absolute atomic E-state index is 13.0. The fourth-order valence-electron chi connectivity index (χ4n) is 8.41. The fraction of sp³-hybridized carbons (Fsp3) is 0.812. The summed E-state index contributed by atoms with van der Waals surface area (Å²) in [5, 5.41) is 20.0. The number of alkyl halides is 5. The molecule has 0 bridgehead atoms. The summed E-state index contributed by atoms with van der Waals surface area (Å²) in [7, 11) is -0.638. The van der Waals surface area contributed by atoms with E-state index in [2.05, 4.69) is 19.1 Å². The van der Waals surface area contributed by atoms with Crippen molar-refractivity contribution in [2.45, 2.75) is 127 Å². The van der Waals surface area contributed by atoms with Crippen LogP contribution in [-0.4, -0.2) is 51.7 Å². The lowest BCUT2D eigenvalue weighted by Gasteiger charge is -2.53.